The van der Waals surface area contributed by atoms with Crippen LogP contribution < -0.4 is 0 Å². The van der Waals surface area contributed by atoms with Crippen LogP contribution in [-0.2, 0) is 14.8 Å². The highest BCUT2D eigenvalue weighted by Crippen LogP contribution is 2.21. The van der Waals surface area contributed by atoms with E-state index >= 15 is 0 Å². The Kier molecular flexibility index (Phi) is 5.90. The minimum atomic E-state index is -3.55. The molecule has 8 heteroatoms. The van der Waals surface area contributed by atoms with Crippen molar-refractivity contribution in [2.75, 3.05) is 19.7 Å². The van der Waals surface area contributed by atoms with Crippen molar-refractivity contribution in [3.63, 3.8) is 0 Å². The molecule has 3 rings (SSSR count). The predicted molar refractivity (Wildman–Crippen MR) is 100 cm³/mol. The number of Topliss-reactive ketones (excluding diaryl/α,β-unsaturated/α-hetero) is 1. The lowest BCUT2D eigenvalue weighted by Crippen LogP contribution is -2.27. The van der Waals surface area contributed by atoms with Crippen LogP contribution in [0, 0.1) is 12.7 Å². The van der Waals surface area contributed by atoms with Crippen molar-refractivity contribution in [3.8, 4) is 0 Å². The van der Waals surface area contributed by atoms with E-state index in [1.54, 1.807) is 6.92 Å². The van der Waals surface area contributed by atoms with Crippen LogP contribution in [0.3, 0.4) is 0 Å². The molecule has 1 saturated heterocycles. The van der Waals surface area contributed by atoms with Crippen LogP contribution in [-0.4, -0.2) is 44.2 Å². The summed E-state index contributed by atoms with van der Waals surface area (Å²) in [5, 5.41) is 0. The van der Waals surface area contributed by atoms with Crippen LogP contribution in [0.1, 0.15) is 39.1 Å². The number of halogens is 1. The van der Waals surface area contributed by atoms with E-state index < -0.39 is 34.2 Å². The van der Waals surface area contributed by atoms with Crippen molar-refractivity contribution >= 4 is 21.8 Å². The number of ether oxygens (including phenoxy) is 1. The van der Waals surface area contributed by atoms with Gasteiger partial charge in [-0.15, -0.1) is 0 Å². The van der Waals surface area contributed by atoms with Crippen LogP contribution in [0.2, 0.25) is 0 Å². The van der Waals surface area contributed by atoms with Gasteiger partial charge in [0.2, 0.25) is 10.0 Å². The molecular weight excluding hydrogens is 385 g/mol. The van der Waals surface area contributed by atoms with Gasteiger partial charge in [0, 0.05) is 18.7 Å². The SMILES string of the molecule is Cc1ccc(C(=O)OCC(=O)c2ccc(S(=O)(=O)N3CCCC3)cc2)cc1F. The minimum absolute atomic E-state index is 0.0166. The number of rotatable bonds is 6. The summed E-state index contributed by atoms with van der Waals surface area (Å²) in [5.74, 6) is -1.82. The largest absolute Gasteiger partial charge is 0.454 e. The molecule has 2 aromatic carbocycles. The minimum Gasteiger partial charge on any atom is -0.454 e. The van der Waals surface area contributed by atoms with Gasteiger partial charge < -0.3 is 4.74 Å². The maximum Gasteiger partial charge on any atom is 0.338 e. The van der Waals surface area contributed by atoms with Crippen LogP contribution in [0.5, 0.6) is 0 Å². The molecule has 1 aliphatic rings. The summed E-state index contributed by atoms with van der Waals surface area (Å²) in [6.45, 7) is 2.05. The van der Waals surface area contributed by atoms with Gasteiger partial charge in [-0.25, -0.2) is 17.6 Å². The third-order valence-corrected chi connectivity index (χ3v) is 6.53. The fraction of sp³-hybridized carbons (Fsp3) is 0.300. The molecule has 28 heavy (non-hydrogen) atoms. The zero-order valence-electron chi connectivity index (χ0n) is 15.4. The summed E-state index contributed by atoms with van der Waals surface area (Å²) >= 11 is 0. The Morgan fingerprint density at radius 3 is 2.25 bits per heavy atom. The Hall–Kier alpha value is -2.58. The molecule has 0 unspecified atom stereocenters. The predicted octanol–water partition coefficient (Wildman–Crippen LogP) is 2.96. The molecule has 0 atom stereocenters. The molecule has 0 radical (unpaired) electrons. The van der Waals surface area contributed by atoms with Crippen molar-refractivity contribution in [1.29, 1.82) is 0 Å². The third-order valence-electron chi connectivity index (χ3n) is 4.62. The molecule has 1 aliphatic heterocycles. The molecule has 0 amide bonds. The van der Waals surface area contributed by atoms with Crippen LogP contribution in [0.4, 0.5) is 4.39 Å². The van der Waals surface area contributed by atoms with Gasteiger partial charge in [-0.1, -0.05) is 6.07 Å². The molecule has 1 heterocycles. The molecule has 148 valence electrons. The number of carbonyl (C=O) groups excluding carboxylic acids is 2. The Labute approximate surface area is 163 Å². The topological polar surface area (TPSA) is 80.8 Å². The first-order chi connectivity index (χ1) is 13.3. The third kappa shape index (κ3) is 4.28. The zero-order chi connectivity index (χ0) is 20.3. The number of carbonyl (C=O) groups is 2. The smallest absolute Gasteiger partial charge is 0.338 e. The van der Waals surface area contributed by atoms with E-state index in [4.69, 9.17) is 4.74 Å². The summed E-state index contributed by atoms with van der Waals surface area (Å²) in [6.07, 6.45) is 1.68. The number of ketones is 1. The second-order valence-electron chi connectivity index (χ2n) is 6.60. The summed E-state index contributed by atoms with van der Waals surface area (Å²) in [6, 6.07) is 9.46. The van der Waals surface area contributed by atoms with Crippen molar-refractivity contribution in [1.82, 2.24) is 4.31 Å². The molecule has 0 saturated carbocycles. The van der Waals surface area contributed by atoms with Crippen molar-refractivity contribution in [3.05, 3.63) is 65.0 Å². The van der Waals surface area contributed by atoms with Gasteiger partial charge in [-0.2, -0.15) is 4.31 Å². The Bertz CT molecular complexity index is 996. The highest BCUT2D eigenvalue weighted by molar-refractivity contribution is 7.89. The molecule has 0 bridgehead atoms. The van der Waals surface area contributed by atoms with E-state index in [9.17, 15) is 22.4 Å². The lowest BCUT2D eigenvalue weighted by atomic mass is 10.1. The highest BCUT2D eigenvalue weighted by atomic mass is 32.2. The van der Waals surface area contributed by atoms with Crippen molar-refractivity contribution in [2.24, 2.45) is 0 Å². The molecular formula is C20H20FNO5S. The normalized spacial score (nSPS) is 14.8. The van der Waals surface area contributed by atoms with E-state index in [0.29, 0.717) is 18.7 Å². The van der Waals surface area contributed by atoms with E-state index in [2.05, 4.69) is 0 Å². The Morgan fingerprint density at radius 2 is 1.64 bits per heavy atom. The first-order valence-electron chi connectivity index (χ1n) is 8.86. The molecule has 0 N–H and O–H groups in total. The molecule has 0 aromatic heterocycles. The van der Waals surface area contributed by atoms with Gasteiger partial charge in [-0.3, -0.25) is 4.79 Å². The standard InChI is InChI=1S/C20H20FNO5S/c1-14-4-5-16(12-18(14)21)20(24)27-13-19(23)15-6-8-17(9-7-15)28(25,26)22-10-2-3-11-22/h4-9,12H,2-3,10-11,13H2,1H3. The number of benzene rings is 2. The van der Waals surface area contributed by atoms with Gasteiger partial charge >= 0.3 is 5.97 Å². The number of aryl methyl sites for hydroxylation is 1. The van der Waals surface area contributed by atoms with E-state index in [-0.39, 0.29) is 16.0 Å². The second kappa shape index (κ2) is 8.20. The maximum atomic E-state index is 13.5. The summed E-state index contributed by atoms with van der Waals surface area (Å²) < 4.78 is 44.8. The van der Waals surface area contributed by atoms with Crippen molar-refractivity contribution < 1.29 is 27.1 Å². The number of esters is 1. The monoisotopic (exact) mass is 405 g/mol. The molecule has 0 spiro atoms. The van der Waals surface area contributed by atoms with E-state index in [0.717, 1.165) is 18.9 Å². The van der Waals surface area contributed by atoms with E-state index in [1.807, 2.05) is 0 Å². The number of nitrogens with zero attached hydrogens (tertiary/aromatic N) is 1. The van der Waals surface area contributed by atoms with Crippen molar-refractivity contribution in [2.45, 2.75) is 24.7 Å². The first-order valence-corrected chi connectivity index (χ1v) is 10.3. The van der Waals surface area contributed by atoms with Gasteiger partial charge in [0.25, 0.3) is 0 Å². The quantitative estimate of drug-likeness (QED) is 0.545. The lowest BCUT2D eigenvalue weighted by molar-refractivity contribution is 0.0474. The summed E-state index contributed by atoms with van der Waals surface area (Å²) in [4.78, 5) is 24.3. The fourth-order valence-electron chi connectivity index (χ4n) is 2.91. The Morgan fingerprint density at radius 1 is 1.04 bits per heavy atom. The zero-order valence-corrected chi connectivity index (χ0v) is 16.2. The average Bonchev–Trinajstić information content (AvgIpc) is 3.24. The highest BCUT2D eigenvalue weighted by Gasteiger charge is 2.27. The van der Waals surface area contributed by atoms with Gasteiger partial charge in [-0.05, 0) is 61.7 Å². The number of sulfonamides is 1. The van der Waals surface area contributed by atoms with Gasteiger partial charge in [0.1, 0.15) is 5.82 Å². The van der Waals surface area contributed by atoms with Gasteiger partial charge in [0.05, 0.1) is 10.5 Å². The second-order valence-corrected chi connectivity index (χ2v) is 8.54. The number of hydrogen-bond acceptors (Lipinski definition) is 5. The fourth-order valence-corrected chi connectivity index (χ4v) is 4.43. The molecule has 2 aromatic rings. The van der Waals surface area contributed by atoms with Crippen LogP contribution in [0.25, 0.3) is 0 Å². The summed E-state index contributed by atoms with van der Waals surface area (Å²) in [7, 11) is -3.55. The summed E-state index contributed by atoms with van der Waals surface area (Å²) in [5.41, 5.74) is 0.641. The number of hydrogen-bond donors (Lipinski definition) is 0. The lowest BCUT2D eigenvalue weighted by Gasteiger charge is -2.15. The van der Waals surface area contributed by atoms with E-state index in [1.165, 1.54) is 40.7 Å². The first kappa shape index (κ1) is 20.2. The average molecular weight is 405 g/mol. The molecule has 0 aliphatic carbocycles. The Balaban J connectivity index is 1.63. The van der Waals surface area contributed by atoms with Crippen LogP contribution in [0.15, 0.2) is 47.4 Å². The molecule has 6 nitrogen and oxygen atoms in total. The molecule has 1 fully saturated rings. The van der Waals surface area contributed by atoms with Gasteiger partial charge in [0.15, 0.2) is 12.4 Å². The maximum absolute atomic E-state index is 13.5. The van der Waals surface area contributed by atoms with Crippen LogP contribution >= 0.6 is 0 Å².